The van der Waals surface area contributed by atoms with Gasteiger partial charge in [-0.05, 0) is 65.6 Å². The zero-order valence-electron chi connectivity index (χ0n) is 21.5. The standard InChI is InChI=1S/C32H30N2O3/c1-20-16-28(24-9-7-8-23(17-24)14-15-37-22(3)35)27-12-13-29-21(2)30(36)25(19-33)18-32(29,31(27)34-20)26-10-5-4-6-11-26/h4-11,16-18,21,29H,12-15H2,1-3H3/t21-,29-,32+/m0/s1. The van der Waals surface area contributed by atoms with Gasteiger partial charge in [-0.1, -0.05) is 61.5 Å². The van der Waals surface area contributed by atoms with Gasteiger partial charge < -0.3 is 4.74 Å². The van der Waals surface area contributed by atoms with Crippen molar-refractivity contribution in [3.05, 3.63) is 100 Å². The number of esters is 1. The molecule has 5 rings (SSSR count). The first-order chi connectivity index (χ1) is 17.8. The normalized spacial score (nSPS) is 22.3. The highest BCUT2D eigenvalue weighted by Crippen LogP contribution is 2.54. The summed E-state index contributed by atoms with van der Waals surface area (Å²) in [5, 5.41) is 9.91. The number of aromatic nitrogens is 1. The van der Waals surface area contributed by atoms with Gasteiger partial charge in [-0.25, -0.2) is 0 Å². The average Bonchev–Trinajstić information content (AvgIpc) is 2.90. The number of ether oxygens (including phenoxy) is 1. The maximum Gasteiger partial charge on any atom is 0.302 e. The fraction of sp³-hybridized carbons (Fsp3) is 0.312. The molecular formula is C32H30N2O3. The molecule has 0 N–H and O–H groups in total. The second kappa shape index (κ2) is 9.78. The summed E-state index contributed by atoms with van der Waals surface area (Å²) in [7, 11) is 0. The van der Waals surface area contributed by atoms with Gasteiger partial charge in [0.05, 0.1) is 23.3 Å². The van der Waals surface area contributed by atoms with Crippen molar-refractivity contribution in [2.75, 3.05) is 6.61 Å². The van der Waals surface area contributed by atoms with Gasteiger partial charge in [0.15, 0.2) is 5.78 Å². The molecule has 0 fully saturated rings. The monoisotopic (exact) mass is 490 g/mol. The summed E-state index contributed by atoms with van der Waals surface area (Å²) in [6.45, 7) is 5.73. The third-order valence-corrected chi connectivity index (χ3v) is 7.89. The number of Topliss-reactive ketones (excluding diaryl/α,β-unsaturated/α-hetero) is 1. The number of ketones is 1. The summed E-state index contributed by atoms with van der Waals surface area (Å²) in [4.78, 5) is 29.4. The van der Waals surface area contributed by atoms with Crippen LogP contribution in [0.4, 0.5) is 0 Å². The molecule has 0 aliphatic heterocycles. The number of nitriles is 1. The van der Waals surface area contributed by atoms with Crippen LogP contribution in [-0.4, -0.2) is 23.3 Å². The van der Waals surface area contributed by atoms with Crippen LogP contribution in [0.15, 0.2) is 72.3 Å². The van der Waals surface area contributed by atoms with Gasteiger partial charge in [-0.15, -0.1) is 0 Å². The van der Waals surface area contributed by atoms with E-state index in [1.54, 1.807) is 0 Å². The van der Waals surface area contributed by atoms with Crippen molar-refractivity contribution in [2.24, 2.45) is 11.8 Å². The van der Waals surface area contributed by atoms with Gasteiger partial charge in [-0.3, -0.25) is 14.6 Å². The Bertz CT molecular complexity index is 1450. The quantitative estimate of drug-likeness (QED) is 0.430. The lowest BCUT2D eigenvalue weighted by Crippen LogP contribution is -2.48. The lowest BCUT2D eigenvalue weighted by atomic mass is 9.54. The Morgan fingerprint density at radius 2 is 1.95 bits per heavy atom. The zero-order valence-corrected chi connectivity index (χ0v) is 21.5. The van der Waals surface area contributed by atoms with Gasteiger partial charge in [0, 0.05) is 25.0 Å². The van der Waals surface area contributed by atoms with E-state index in [9.17, 15) is 14.9 Å². The number of rotatable bonds is 5. The number of aryl methyl sites for hydroxylation is 1. The summed E-state index contributed by atoms with van der Waals surface area (Å²) in [5.74, 6) is -0.607. The van der Waals surface area contributed by atoms with Crippen LogP contribution in [0, 0.1) is 30.1 Å². The zero-order chi connectivity index (χ0) is 26.2. The summed E-state index contributed by atoms with van der Waals surface area (Å²) >= 11 is 0. The molecule has 0 bridgehead atoms. The maximum atomic E-state index is 13.1. The summed E-state index contributed by atoms with van der Waals surface area (Å²) in [6, 6.07) is 22.9. The number of carbonyl (C=O) groups excluding carboxylic acids is 2. The van der Waals surface area contributed by atoms with E-state index in [0.717, 1.165) is 52.0 Å². The van der Waals surface area contributed by atoms with Crippen molar-refractivity contribution in [3.8, 4) is 17.2 Å². The molecule has 0 radical (unpaired) electrons. The maximum absolute atomic E-state index is 13.1. The van der Waals surface area contributed by atoms with Gasteiger partial charge in [0.1, 0.15) is 6.07 Å². The minimum absolute atomic E-state index is 0.0178. The Kier molecular flexibility index (Phi) is 6.52. The van der Waals surface area contributed by atoms with Crippen LogP contribution in [0.3, 0.4) is 0 Å². The second-order valence-corrected chi connectivity index (χ2v) is 10.1. The summed E-state index contributed by atoms with van der Waals surface area (Å²) in [5.41, 5.74) is 6.95. The molecule has 0 spiro atoms. The number of pyridine rings is 1. The van der Waals surface area contributed by atoms with Crippen molar-refractivity contribution in [2.45, 2.75) is 45.4 Å². The van der Waals surface area contributed by atoms with Crippen molar-refractivity contribution in [3.63, 3.8) is 0 Å². The van der Waals surface area contributed by atoms with Crippen molar-refractivity contribution in [1.29, 1.82) is 5.26 Å². The number of hydrogen-bond acceptors (Lipinski definition) is 5. The van der Waals surface area contributed by atoms with E-state index in [-0.39, 0.29) is 29.2 Å². The second-order valence-electron chi connectivity index (χ2n) is 10.1. The van der Waals surface area contributed by atoms with Crippen molar-refractivity contribution < 1.29 is 14.3 Å². The van der Waals surface area contributed by atoms with Gasteiger partial charge in [0.25, 0.3) is 0 Å². The third kappa shape index (κ3) is 4.27. The molecule has 0 saturated heterocycles. The van der Waals surface area contributed by atoms with Gasteiger partial charge in [0.2, 0.25) is 0 Å². The SMILES string of the molecule is CC(=O)OCCc1cccc(-c2cc(C)nc3c2CC[C@H]2[C@H](C)C(=O)C(C#N)=C[C@]32c2ccccc2)c1. The van der Waals surface area contributed by atoms with Crippen molar-refractivity contribution >= 4 is 11.8 Å². The fourth-order valence-corrected chi connectivity index (χ4v) is 6.24. The first-order valence-corrected chi connectivity index (χ1v) is 12.8. The molecule has 0 amide bonds. The van der Waals surface area contributed by atoms with Gasteiger partial charge in [-0.2, -0.15) is 5.26 Å². The number of carbonyl (C=O) groups is 2. The summed E-state index contributed by atoms with van der Waals surface area (Å²) < 4.78 is 5.15. The predicted octanol–water partition coefficient (Wildman–Crippen LogP) is 5.68. The smallest absolute Gasteiger partial charge is 0.302 e. The van der Waals surface area contributed by atoms with Crippen LogP contribution in [0.5, 0.6) is 0 Å². The highest BCUT2D eigenvalue weighted by atomic mass is 16.5. The van der Waals surface area contributed by atoms with Crippen LogP contribution in [0.1, 0.15) is 48.3 Å². The number of allylic oxidation sites excluding steroid dienone is 2. The number of benzene rings is 2. The average molecular weight is 491 g/mol. The van der Waals surface area contributed by atoms with E-state index in [2.05, 4.69) is 36.4 Å². The lowest BCUT2D eigenvalue weighted by Gasteiger charge is -2.48. The molecule has 2 aliphatic carbocycles. The Labute approximate surface area is 217 Å². The number of hydrogen-bond donors (Lipinski definition) is 0. The van der Waals surface area contributed by atoms with Crippen LogP contribution in [0.25, 0.3) is 11.1 Å². The van der Waals surface area contributed by atoms with E-state index in [4.69, 9.17) is 9.72 Å². The topological polar surface area (TPSA) is 80.0 Å². The van der Waals surface area contributed by atoms with Crippen LogP contribution >= 0.6 is 0 Å². The Balaban J connectivity index is 1.71. The van der Waals surface area contributed by atoms with Crippen LogP contribution in [0.2, 0.25) is 0 Å². The molecule has 5 nitrogen and oxygen atoms in total. The molecule has 1 aromatic heterocycles. The Hall–Kier alpha value is -4.04. The molecule has 0 saturated carbocycles. The number of fused-ring (bicyclic) bond motifs is 3. The van der Waals surface area contributed by atoms with Gasteiger partial charge >= 0.3 is 5.97 Å². The Morgan fingerprint density at radius 1 is 1.16 bits per heavy atom. The van der Waals surface area contributed by atoms with E-state index in [0.29, 0.717) is 13.0 Å². The molecule has 1 heterocycles. The van der Waals surface area contributed by atoms with E-state index in [1.165, 1.54) is 6.92 Å². The van der Waals surface area contributed by atoms with Crippen molar-refractivity contribution in [1.82, 2.24) is 4.98 Å². The minimum atomic E-state index is -0.652. The molecule has 3 atom stereocenters. The highest BCUT2D eigenvalue weighted by molar-refractivity contribution is 6.02. The number of nitrogens with zero attached hydrogens (tertiary/aromatic N) is 2. The molecular weight excluding hydrogens is 460 g/mol. The van der Waals surface area contributed by atoms with E-state index in [1.807, 2.05) is 50.3 Å². The minimum Gasteiger partial charge on any atom is -0.466 e. The van der Waals surface area contributed by atoms with Crippen LogP contribution < -0.4 is 0 Å². The highest BCUT2D eigenvalue weighted by Gasteiger charge is 2.53. The molecule has 37 heavy (non-hydrogen) atoms. The molecule has 2 aromatic carbocycles. The summed E-state index contributed by atoms with van der Waals surface area (Å²) in [6.07, 6.45) is 4.18. The molecule has 5 heteroatoms. The third-order valence-electron chi connectivity index (χ3n) is 7.89. The molecule has 2 aliphatic rings. The molecule has 3 aromatic rings. The van der Waals surface area contributed by atoms with E-state index < -0.39 is 5.41 Å². The largest absolute Gasteiger partial charge is 0.466 e. The van der Waals surface area contributed by atoms with E-state index >= 15 is 0 Å². The Morgan fingerprint density at radius 3 is 2.68 bits per heavy atom. The fourth-order valence-electron chi connectivity index (χ4n) is 6.24. The van der Waals surface area contributed by atoms with Crippen LogP contribution in [-0.2, 0) is 32.6 Å². The lowest BCUT2D eigenvalue weighted by molar-refractivity contribution is -0.140. The predicted molar refractivity (Wildman–Crippen MR) is 142 cm³/mol. The molecule has 0 unspecified atom stereocenters. The first kappa shape index (κ1) is 24.6. The first-order valence-electron chi connectivity index (χ1n) is 12.8. The molecule has 186 valence electrons.